The minimum absolute atomic E-state index is 0.240. The van der Waals surface area contributed by atoms with Crippen LogP contribution in [0.2, 0.25) is 0 Å². The van der Waals surface area contributed by atoms with Crippen molar-refractivity contribution in [3.05, 3.63) is 57.0 Å². The highest BCUT2D eigenvalue weighted by molar-refractivity contribution is 9.11. The van der Waals surface area contributed by atoms with E-state index in [4.69, 9.17) is 11.6 Å². The van der Waals surface area contributed by atoms with Crippen molar-refractivity contribution < 1.29 is 4.39 Å². The molecule has 0 fully saturated rings. The van der Waals surface area contributed by atoms with E-state index in [1.165, 1.54) is 12.1 Å². The van der Waals surface area contributed by atoms with Crippen LogP contribution in [0.1, 0.15) is 5.82 Å². The van der Waals surface area contributed by atoms with Gasteiger partial charge in [0.1, 0.15) is 11.6 Å². The van der Waals surface area contributed by atoms with Crippen molar-refractivity contribution in [2.75, 3.05) is 0 Å². The number of hydrogen-bond donors (Lipinski definition) is 0. The molecule has 20 heavy (non-hydrogen) atoms. The summed E-state index contributed by atoms with van der Waals surface area (Å²) in [6, 6.07) is 10.3. The minimum atomic E-state index is -0.311. The summed E-state index contributed by atoms with van der Waals surface area (Å²) >= 11 is 13.1. The maximum atomic E-state index is 13.3. The summed E-state index contributed by atoms with van der Waals surface area (Å²) in [7, 11) is 0. The highest BCUT2D eigenvalue weighted by Gasteiger charge is 2.16. The largest absolute Gasteiger partial charge is 0.293 e. The Hall–Kier alpha value is -0.910. The lowest BCUT2D eigenvalue weighted by Gasteiger charge is -2.12. The van der Waals surface area contributed by atoms with Crippen LogP contribution in [-0.4, -0.2) is 9.55 Å². The van der Waals surface area contributed by atoms with E-state index in [0.29, 0.717) is 11.3 Å². The zero-order chi connectivity index (χ0) is 14.3. The van der Waals surface area contributed by atoms with Crippen molar-refractivity contribution in [1.82, 2.24) is 9.55 Å². The molecule has 0 aliphatic carbocycles. The molecule has 0 bridgehead atoms. The molecule has 0 radical (unpaired) electrons. The fourth-order valence-electron chi connectivity index (χ4n) is 2.15. The normalized spacial score (nSPS) is 11.2. The molecule has 0 spiro atoms. The van der Waals surface area contributed by atoms with Gasteiger partial charge in [-0.15, -0.1) is 11.6 Å². The molecule has 6 heteroatoms. The van der Waals surface area contributed by atoms with Crippen molar-refractivity contribution in [1.29, 1.82) is 0 Å². The smallest absolute Gasteiger partial charge is 0.129 e. The van der Waals surface area contributed by atoms with Gasteiger partial charge >= 0.3 is 0 Å². The lowest BCUT2D eigenvalue weighted by atomic mass is 10.2. The van der Waals surface area contributed by atoms with Crippen LogP contribution in [0.25, 0.3) is 16.7 Å². The Labute approximate surface area is 136 Å². The van der Waals surface area contributed by atoms with Crippen molar-refractivity contribution >= 4 is 54.5 Å². The average Bonchev–Trinajstić information content (AvgIpc) is 2.76. The summed E-state index contributed by atoms with van der Waals surface area (Å²) in [5.41, 5.74) is 2.30. The van der Waals surface area contributed by atoms with Crippen LogP contribution in [0.3, 0.4) is 0 Å². The lowest BCUT2D eigenvalue weighted by Crippen LogP contribution is -2.01. The van der Waals surface area contributed by atoms with Crippen LogP contribution in [0.15, 0.2) is 45.3 Å². The Morgan fingerprint density at radius 2 is 1.85 bits per heavy atom. The van der Waals surface area contributed by atoms with Crippen molar-refractivity contribution in [3.8, 4) is 5.69 Å². The topological polar surface area (TPSA) is 17.8 Å². The molecule has 3 rings (SSSR count). The minimum Gasteiger partial charge on any atom is -0.293 e. The number of aromatic nitrogens is 2. The van der Waals surface area contributed by atoms with Gasteiger partial charge in [0.2, 0.25) is 0 Å². The zero-order valence-corrected chi connectivity index (χ0v) is 14.0. The first-order valence-corrected chi connectivity index (χ1v) is 7.91. The van der Waals surface area contributed by atoms with E-state index in [9.17, 15) is 4.39 Å². The highest BCUT2D eigenvalue weighted by atomic mass is 79.9. The van der Waals surface area contributed by atoms with Crippen LogP contribution in [0.5, 0.6) is 0 Å². The fraction of sp³-hybridized carbons (Fsp3) is 0.0714. The number of para-hydroxylation sites is 1. The number of fused-ring (bicyclic) bond motifs is 1. The third-order valence-corrected chi connectivity index (χ3v) is 4.49. The maximum Gasteiger partial charge on any atom is 0.129 e. The highest BCUT2D eigenvalue weighted by Crippen LogP contribution is 2.33. The number of nitrogens with zero attached hydrogens (tertiary/aromatic N) is 2. The fourth-order valence-corrected chi connectivity index (χ4v) is 3.68. The molecule has 3 aromatic rings. The summed E-state index contributed by atoms with van der Waals surface area (Å²) in [6.07, 6.45) is 0. The summed E-state index contributed by atoms with van der Waals surface area (Å²) in [6.45, 7) is 0. The van der Waals surface area contributed by atoms with Gasteiger partial charge in [-0.3, -0.25) is 4.57 Å². The van der Waals surface area contributed by atoms with Gasteiger partial charge in [0.15, 0.2) is 0 Å². The number of rotatable bonds is 2. The van der Waals surface area contributed by atoms with Crippen LogP contribution in [0, 0.1) is 5.82 Å². The van der Waals surface area contributed by atoms with E-state index in [-0.39, 0.29) is 11.7 Å². The van der Waals surface area contributed by atoms with Gasteiger partial charge in [-0.1, -0.05) is 6.07 Å². The zero-order valence-electron chi connectivity index (χ0n) is 10.1. The Bertz CT molecular complexity index is 781. The quantitative estimate of drug-likeness (QED) is 0.508. The number of alkyl halides is 1. The molecule has 0 amide bonds. The van der Waals surface area contributed by atoms with Crippen molar-refractivity contribution in [2.24, 2.45) is 0 Å². The maximum absolute atomic E-state index is 13.3. The number of imidazole rings is 1. The van der Waals surface area contributed by atoms with E-state index in [2.05, 4.69) is 36.8 Å². The molecule has 0 saturated carbocycles. The summed E-state index contributed by atoms with van der Waals surface area (Å²) in [4.78, 5) is 4.40. The molecule has 0 aliphatic heterocycles. The standard InChI is InChI=1S/C14H8Br2ClFN2/c15-9-2-1-3-10(16)14(9)20-12-5-4-8(18)6-11(12)19-13(20)7-17/h1-6H,7H2. The van der Waals surface area contributed by atoms with E-state index < -0.39 is 0 Å². The van der Waals surface area contributed by atoms with Crippen LogP contribution in [0.4, 0.5) is 4.39 Å². The molecule has 102 valence electrons. The number of halogens is 4. The summed E-state index contributed by atoms with van der Waals surface area (Å²) < 4.78 is 17.1. The first kappa shape index (κ1) is 14.0. The second kappa shape index (κ2) is 5.47. The van der Waals surface area contributed by atoms with Gasteiger partial charge in [0.05, 0.1) is 22.6 Å². The molecule has 1 heterocycles. The van der Waals surface area contributed by atoms with Crippen molar-refractivity contribution in [2.45, 2.75) is 5.88 Å². The van der Waals surface area contributed by atoms with E-state index in [0.717, 1.165) is 20.1 Å². The Balaban J connectivity index is 2.40. The van der Waals surface area contributed by atoms with Gasteiger partial charge in [-0.2, -0.15) is 0 Å². The van der Waals surface area contributed by atoms with Gasteiger partial charge in [-0.05, 0) is 56.1 Å². The van der Waals surface area contributed by atoms with Gasteiger partial charge < -0.3 is 0 Å². The van der Waals surface area contributed by atoms with Crippen LogP contribution in [-0.2, 0) is 5.88 Å². The Morgan fingerprint density at radius 3 is 2.50 bits per heavy atom. The lowest BCUT2D eigenvalue weighted by molar-refractivity contribution is 0.629. The summed E-state index contributed by atoms with van der Waals surface area (Å²) in [5, 5.41) is 0. The molecule has 0 unspecified atom stereocenters. The van der Waals surface area contributed by atoms with Gasteiger partial charge in [0, 0.05) is 15.0 Å². The first-order chi connectivity index (χ1) is 9.61. The van der Waals surface area contributed by atoms with Crippen molar-refractivity contribution in [3.63, 3.8) is 0 Å². The molecule has 2 aromatic carbocycles. The monoisotopic (exact) mass is 416 g/mol. The van der Waals surface area contributed by atoms with E-state index >= 15 is 0 Å². The molecular formula is C14H8Br2ClFN2. The average molecular weight is 418 g/mol. The Kier molecular flexibility index (Phi) is 3.84. The number of hydrogen-bond acceptors (Lipinski definition) is 1. The van der Waals surface area contributed by atoms with E-state index in [1.54, 1.807) is 6.07 Å². The Morgan fingerprint density at radius 1 is 1.15 bits per heavy atom. The SMILES string of the molecule is Fc1ccc2c(c1)nc(CCl)n2-c1c(Br)cccc1Br. The second-order valence-electron chi connectivity index (χ2n) is 4.20. The van der Waals surface area contributed by atoms with Crippen LogP contribution < -0.4 is 0 Å². The summed E-state index contributed by atoms with van der Waals surface area (Å²) in [5.74, 6) is 0.596. The molecular weight excluding hydrogens is 410 g/mol. The first-order valence-electron chi connectivity index (χ1n) is 5.79. The molecule has 0 atom stereocenters. The van der Waals surface area contributed by atoms with Crippen LogP contribution >= 0.6 is 43.5 Å². The molecule has 2 nitrogen and oxygen atoms in total. The predicted molar refractivity (Wildman–Crippen MR) is 86.0 cm³/mol. The molecule has 1 aromatic heterocycles. The van der Waals surface area contributed by atoms with Gasteiger partial charge in [-0.25, -0.2) is 9.37 Å². The molecule has 0 N–H and O–H groups in total. The third kappa shape index (κ3) is 2.28. The van der Waals surface area contributed by atoms with Gasteiger partial charge in [0.25, 0.3) is 0 Å². The third-order valence-electron chi connectivity index (χ3n) is 2.97. The predicted octanol–water partition coefficient (Wildman–Crippen LogP) is 5.43. The number of benzene rings is 2. The molecule has 0 saturated heterocycles. The second-order valence-corrected chi connectivity index (χ2v) is 6.18. The molecule has 0 aliphatic rings. The van der Waals surface area contributed by atoms with E-state index in [1.807, 2.05) is 22.8 Å².